The molecule has 0 saturated carbocycles. The normalized spacial score (nSPS) is 10.2. The fraction of sp³-hybridized carbons (Fsp3) is 0.417. The van der Waals surface area contributed by atoms with E-state index >= 15 is 0 Å². The van der Waals surface area contributed by atoms with Gasteiger partial charge in [0, 0.05) is 20.3 Å². The molecule has 0 unspecified atom stereocenters. The monoisotopic (exact) mass is 274 g/mol. The van der Waals surface area contributed by atoms with Crippen molar-refractivity contribution in [1.29, 1.82) is 0 Å². The zero-order valence-corrected chi connectivity index (χ0v) is 10.9. The van der Waals surface area contributed by atoms with E-state index in [0.29, 0.717) is 13.2 Å². The predicted octanol–water partition coefficient (Wildman–Crippen LogP) is 2.04. The molecule has 1 amide bonds. The van der Waals surface area contributed by atoms with Gasteiger partial charge in [-0.05, 0) is 18.6 Å². The van der Waals surface area contributed by atoms with Crippen LogP contribution in [0.4, 0.5) is 10.1 Å². The van der Waals surface area contributed by atoms with Crippen LogP contribution in [0.5, 0.6) is 0 Å². The minimum absolute atomic E-state index is 0.00421. The van der Waals surface area contributed by atoms with Crippen molar-refractivity contribution in [3.05, 3.63) is 29.0 Å². The van der Waals surface area contributed by atoms with Gasteiger partial charge in [0.2, 0.25) is 5.91 Å². The number of hydrogen-bond acceptors (Lipinski definition) is 3. The molecule has 0 radical (unpaired) electrons. The number of hydrogen-bond donors (Lipinski definition) is 2. The van der Waals surface area contributed by atoms with Crippen LogP contribution >= 0.6 is 11.6 Å². The van der Waals surface area contributed by atoms with E-state index in [1.54, 1.807) is 13.2 Å². The minimum atomic E-state index is -0.550. The summed E-state index contributed by atoms with van der Waals surface area (Å²) < 4.78 is 18.3. The molecule has 0 spiro atoms. The third-order valence-corrected chi connectivity index (χ3v) is 2.53. The Morgan fingerprint density at radius 1 is 1.50 bits per heavy atom. The Kier molecular flexibility index (Phi) is 6.46. The molecule has 0 fully saturated rings. The number of carbonyl (C=O) groups is 1. The van der Waals surface area contributed by atoms with Crippen LogP contribution in [0.25, 0.3) is 0 Å². The van der Waals surface area contributed by atoms with Gasteiger partial charge in [-0.3, -0.25) is 4.79 Å². The molecule has 18 heavy (non-hydrogen) atoms. The molecule has 100 valence electrons. The Balaban J connectivity index is 2.32. The molecule has 0 aliphatic heterocycles. The average molecular weight is 275 g/mol. The molecule has 4 nitrogen and oxygen atoms in total. The highest BCUT2D eigenvalue weighted by Crippen LogP contribution is 2.21. The lowest BCUT2D eigenvalue weighted by Gasteiger charge is -2.09. The van der Waals surface area contributed by atoms with Gasteiger partial charge in [-0.25, -0.2) is 4.39 Å². The van der Waals surface area contributed by atoms with E-state index in [9.17, 15) is 9.18 Å². The number of rotatable bonds is 7. The number of benzene rings is 1. The number of nitrogens with one attached hydrogen (secondary N) is 2. The zero-order chi connectivity index (χ0) is 13.4. The van der Waals surface area contributed by atoms with Crippen LogP contribution in [0.15, 0.2) is 18.2 Å². The molecule has 0 saturated heterocycles. The fourth-order valence-electron chi connectivity index (χ4n) is 1.32. The lowest BCUT2D eigenvalue weighted by Crippen LogP contribution is -2.31. The van der Waals surface area contributed by atoms with Crippen LogP contribution < -0.4 is 10.6 Å². The van der Waals surface area contributed by atoms with E-state index < -0.39 is 5.82 Å². The van der Waals surface area contributed by atoms with Crippen LogP contribution in [-0.4, -0.2) is 32.7 Å². The first-order valence-corrected chi connectivity index (χ1v) is 5.96. The summed E-state index contributed by atoms with van der Waals surface area (Å²) >= 11 is 5.62. The number of anilines is 1. The summed E-state index contributed by atoms with van der Waals surface area (Å²) in [5.41, 5.74) is 0.217. The lowest BCUT2D eigenvalue weighted by atomic mass is 10.3. The summed E-state index contributed by atoms with van der Waals surface area (Å²) in [7, 11) is 1.60. The van der Waals surface area contributed by atoms with E-state index in [2.05, 4.69) is 10.6 Å². The largest absolute Gasteiger partial charge is 0.385 e. The molecule has 0 atom stereocenters. The first-order valence-electron chi connectivity index (χ1n) is 5.58. The second-order valence-electron chi connectivity index (χ2n) is 3.65. The molecule has 0 heterocycles. The van der Waals surface area contributed by atoms with Crippen LogP contribution in [0, 0.1) is 5.82 Å². The van der Waals surface area contributed by atoms with Crippen LogP contribution in [0.1, 0.15) is 6.42 Å². The molecule has 0 aromatic heterocycles. The Hall–Kier alpha value is -1.33. The van der Waals surface area contributed by atoms with E-state index in [1.807, 2.05) is 0 Å². The highest BCUT2D eigenvalue weighted by atomic mass is 35.5. The molecule has 0 aliphatic carbocycles. The van der Waals surface area contributed by atoms with E-state index in [1.165, 1.54) is 12.1 Å². The smallest absolute Gasteiger partial charge is 0.239 e. The molecule has 1 rings (SSSR count). The summed E-state index contributed by atoms with van der Waals surface area (Å²) in [5, 5.41) is 5.40. The quantitative estimate of drug-likeness (QED) is 0.748. The number of halogens is 2. The number of amides is 1. The van der Waals surface area contributed by atoms with Crippen molar-refractivity contribution < 1.29 is 13.9 Å². The summed E-state index contributed by atoms with van der Waals surface area (Å²) in [6.45, 7) is 1.13. The Labute approximate surface area is 110 Å². The molecule has 6 heteroatoms. The highest BCUT2D eigenvalue weighted by molar-refractivity contribution is 6.31. The zero-order valence-electron chi connectivity index (χ0n) is 10.1. The van der Waals surface area contributed by atoms with Gasteiger partial charge in [0.15, 0.2) is 5.82 Å². The van der Waals surface area contributed by atoms with E-state index in [0.717, 1.165) is 6.42 Å². The Bertz CT molecular complexity index is 402. The van der Waals surface area contributed by atoms with Crippen molar-refractivity contribution in [2.45, 2.75) is 6.42 Å². The Morgan fingerprint density at radius 3 is 3.00 bits per heavy atom. The van der Waals surface area contributed by atoms with Crippen molar-refractivity contribution in [2.24, 2.45) is 0 Å². The minimum Gasteiger partial charge on any atom is -0.385 e. The van der Waals surface area contributed by atoms with Crippen molar-refractivity contribution in [3.63, 3.8) is 0 Å². The number of methoxy groups -OCH3 is 1. The van der Waals surface area contributed by atoms with Crippen molar-refractivity contribution >= 4 is 23.2 Å². The second kappa shape index (κ2) is 7.89. The number of carbonyl (C=O) groups excluding carboxylic acids is 1. The first-order chi connectivity index (χ1) is 8.65. The molecule has 0 bridgehead atoms. The SMILES string of the molecule is COCCCNC(=O)CNc1cccc(Cl)c1F. The molecular formula is C12H16ClFN2O2. The van der Waals surface area contributed by atoms with E-state index in [4.69, 9.17) is 16.3 Å². The fourth-order valence-corrected chi connectivity index (χ4v) is 1.50. The molecule has 0 aliphatic rings. The van der Waals surface area contributed by atoms with Crippen LogP contribution in [0.3, 0.4) is 0 Å². The average Bonchev–Trinajstić information content (AvgIpc) is 2.36. The standard InChI is InChI=1S/C12H16ClFN2O2/c1-18-7-3-6-15-11(17)8-16-10-5-2-4-9(13)12(10)14/h2,4-5,16H,3,6-8H2,1H3,(H,15,17). The van der Waals surface area contributed by atoms with Gasteiger partial charge in [0.05, 0.1) is 17.3 Å². The first kappa shape index (κ1) is 14.7. The third-order valence-electron chi connectivity index (χ3n) is 2.24. The molecule has 1 aromatic carbocycles. The maximum absolute atomic E-state index is 13.5. The summed E-state index contributed by atoms with van der Waals surface area (Å²) in [6.07, 6.45) is 0.744. The van der Waals surface area contributed by atoms with Crippen molar-refractivity contribution in [2.75, 3.05) is 32.1 Å². The molecule has 2 N–H and O–H groups in total. The van der Waals surface area contributed by atoms with Gasteiger partial charge in [-0.1, -0.05) is 17.7 Å². The second-order valence-corrected chi connectivity index (χ2v) is 4.06. The maximum Gasteiger partial charge on any atom is 0.239 e. The number of ether oxygens (including phenoxy) is 1. The third kappa shape index (κ3) is 4.89. The molecular weight excluding hydrogens is 259 g/mol. The van der Waals surface area contributed by atoms with Gasteiger partial charge in [0.1, 0.15) is 0 Å². The van der Waals surface area contributed by atoms with Crippen molar-refractivity contribution in [1.82, 2.24) is 5.32 Å². The Morgan fingerprint density at radius 2 is 2.28 bits per heavy atom. The van der Waals surface area contributed by atoms with Gasteiger partial charge in [-0.2, -0.15) is 0 Å². The van der Waals surface area contributed by atoms with Crippen LogP contribution in [-0.2, 0) is 9.53 Å². The van der Waals surface area contributed by atoms with E-state index in [-0.39, 0.29) is 23.2 Å². The summed E-state index contributed by atoms with van der Waals surface area (Å²) in [6, 6.07) is 4.59. The topological polar surface area (TPSA) is 50.4 Å². The van der Waals surface area contributed by atoms with Gasteiger partial charge in [0.25, 0.3) is 0 Å². The highest BCUT2D eigenvalue weighted by Gasteiger charge is 2.07. The van der Waals surface area contributed by atoms with Gasteiger partial charge >= 0.3 is 0 Å². The van der Waals surface area contributed by atoms with Crippen LogP contribution in [0.2, 0.25) is 5.02 Å². The van der Waals surface area contributed by atoms with Crippen molar-refractivity contribution in [3.8, 4) is 0 Å². The maximum atomic E-state index is 13.5. The summed E-state index contributed by atoms with van der Waals surface area (Å²) in [4.78, 5) is 11.4. The van der Waals surface area contributed by atoms with Gasteiger partial charge < -0.3 is 15.4 Å². The molecule has 1 aromatic rings. The predicted molar refractivity (Wildman–Crippen MR) is 69.4 cm³/mol. The summed E-state index contributed by atoms with van der Waals surface area (Å²) in [5.74, 6) is -0.753. The lowest BCUT2D eigenvalue weighted by molar-refractivity contribution is -0.119. The van der Waals surface area contributed by atoms with Gasteiger partial charge in [-0.15, -0.1) is 0 Å².